The van der Waals surface area contributed by atoms with Gasteiger partial charge >= 0.3 is 12.0 Å². The Morgan fingerprint density at radius 3 is 1.88 bits per heavy atom. The number of nitrogens with two attached hydrogens (primary N) is 3. The molecule has 0 aliphatic heterocycles. The number of rotatable bonds is 12. The van der Waals surface area contributed by atoms with Crippen molar-refractivity contribution in [3.63, 3.8) is 0 Å². The number of amides is 4. The van der Waals surface area contributed by atoms with Crippen molar-refractivity contribution >= 4 is 35.8 Å². The second-order valence-electron chi connectivity index (χ2n) is 9.91. The number of unbranched alkanes of at least 4 members (excludes halogenated alkanes) is 1. The molecule has 1 atom stereocenters. The van der Waals surface area contributed by atoms with Gasteiger partial charge in [0.1, 0.15) is 11.9 Å². The third kappa shape index (κ3) is 29.3. The highest BCUT2D eigenvalue weighted by Gasteiger charge is 2.15. The summed E-state index contributed by atoms with van der Waals surface area (Å²) in [5.74, 6) is -0.224. The van der Waals surface area contributed by atoms with Crippen molar-refractivity contribution in [2.24, 2.45) is 23.1 Å². The van der Waals surface area contributed by atoms with Gasteiger partial charge in [0.2, 0.25) is 11.8 Å². The first-order valence-electron chi connectivity index (χ1n) is 13.4. The Morgan fingerprint density at radius 2 is 1.59 bits per heavy atom. The number of likely N-dealkylation sites (N-methyl/N-ethyl adjacent to an activating group) is 1. The minimum atomic E-state index is -0.548. The standard InChI is InChI=1S/C13H19N3O3.C7H14O2.C6H14N2O.C2H5NO/c14-13(19)15-8-2-1-3-12(18)16-11-6-4-10(9-17)5-7-11;1-5-6(8)9-7(2,3)4;1-4(2)5(8-3)6(7)9;3-1-2-4/h4-7,17H,1-3,8-9H2,(H,16,18)(H3,14,15,19);5H2,1-4H3;4-5,8H,1-3H3,(H2,7,9);2H,1,3H2. The average molecular weight is 585 g/mol. The van der Waals surface area contributed by atoms with Crippen LogP contribution in [0.25, 0.3) is 0 Å². The van der Waals surface area contributed by atoms with Crippen molar-refractivity contribution in [3.8, 4) is 0 Å². The molecular formula is C28H52N6O7. The third-order valence-electron chi connectivity index (χ3n) is 4.64. The van der Waals surface area contributed by atoms with Gasteiger partial charge in [-0.05, 0) is 64.3 Å². The summed E-state index contributed by atoms with van der Waals surface area (Å²) in [6.45, 7) is 11.9. The maximum absolute atomic E-state index is 11.6. The molecule has 1 aromatic carbocycles. The van der Waals surface area contributed by atoms with Gasteiger partial charge < -0.3 is 47.8 Å². The quantitative estimate of drug-likeness (QED) is 0.107. The molecular weight excluding hydrogens is 532 g/mol. The van der Waals surface area contributed by atoms with Crippen LogP contribution in [0, 0.1) is 5.92 Å². The number of hydrogen-bond acceptors (Lipinski definition) is 9. The van der Waals surface area contributed by atoms with Crippen molar-refractivity contribution in [1.82, 2.24) is 10.6 Å². The van der Waals surface area contributed by atoms with Crippen molar-refractivity contribution in [2.75, 3.05) is 25.5 Å². The lowest BCUT2D eigenvalue weighted by Gasteiger charge is -2.18. The van der Waals surface area contributed by atoms with Gasteiger partial charge in [0.05, 0.1) is 12.6 Å². The van der Waals surface area contributed by atoms with Crippen molar-refractivity contribution < 1.29 is 33.8 Å². The van der Waals surface area contributed by atoms with Gasteiger partial charge in [0.15, 0.2) is 0 Å². The molecule has 0 heterocycles. The van der Waals surface area contributed by atoms with E-state index in [0.717, 1.165) is 5.56 Å². The molecule has 0 saturated carbocycles. The fourth-order valence-electron chi connectivity index (χ4n) is 2.76. The van der Waals surface area contributed by atoms with Gasteiger partial charge in [-0.3, -0.25) is 14.4 Å². The lowest BCUT2D eigenvalue weighted by molar-refractivity contribution is -0.154. The average Bonchev–Trinajstić information content (AvgIpc) is 2.88. The molecule has 13 nitrogen and oxygen atoms in total. The highest BCUT2D eigenvalue weighted by Crippen LogP contribution is 2.10. The largest absolute Gasteiger partial charge is 0.460 e. The van der Waals surface area contributed by atoms with Gasteiger partial charge in [-0.2, -0.15) is 0 Å². The number of nitrogens with one attached hydrogen (secondary N) is 3. The maximum Gasteiger partial charge on any atom is 0.312 e. The zero-order valence-corrected chi connectivity index (χ0v) is 25.6. The van der Waals surface area contributed by atoms with Crippen LogP contribution < -0.4 is 33.2 Å². The maximum atomic E-state index is 11.6. The molecule has 10 N–H and O–H groups in total. The number of carbonyl (C=O) groups is 5. The fraction of sp³-hybridized carbons (Fsp3) is 0.607. The Balaban J connectivity index is -0.000000549. The number of primary amides is 2. The lowest BCUT2D eigenvalue weighted by Crippen LogP contribution is -2.42. The normalized spacial score (nSPS) is 10.7. The molecule has 236 valence electrons. The first kappa shape index (κ1) is 41.9. The molecule has 1 rings (SSSR count). The number of aliphatic hydroxyl groups excluding tert-OH is 1. The molecule has 0 spiro atoms. The summed E-state index contributed by atoms with van der Waals surface area (Å²) in [7, 11) is 1.73. The summed E-state index contributed by atoms with van der Waals surface area (Å²) >= 11 is 0. The van der Waals surface area contributed by atoms with Crippen LogP contribution in [0.4, 0.5) is 10.5 Å². The molecule has 0 saturated heterocycles. The van der Waals surface area contributed by atoms with Crippen LogP contribution in [0.15, 0.2) is 24.3 Å². The molecule has 1 unspecified atom stereocenters. The van der Waals surface area contributed by atoms with E-state index in [9.17, 15) is 19.2 Å². The van der Waals surface area contributed by atoms with E-state index in [0.29, 0.717) is 44.2 Å². The second-order valence-corrected chi connectivity index (χ2v) is 9.91. The zero-order valence-electron chi connectivity index (χ0n) is 25.6. The first-order chi connectivity index (χ1) is 19.1. The summed E-state index contributed by atoms with van der Waals surface area (Å²) in [4.78, 5) is 52.2. The predicted octanol–water partition coefficient (Wildman–Crippen LogP) is 1.55. The Kier molecular flexibility index (Phi) is 26.0. The molecule has 1 aromatic rings. The number of benzene rings is 1. The van der Waals surface area contributed by atoms with E-state index < -0.39 is 6.03 Å². The smallest absolute Gasteiger partial charge is 0.312 e. The minimum Gasteiger partial charge on any atom is -0.460 e. The van der Waals surface area contributed by atoms with Crippen LogP contribution in [0.2, 0.25) is 0 Å². The van der Waals surface area contributed by atoms with Gasteiger partial charge in [0, 0.05) is 31.6 Å². The number of anilines is 1. The van der Waals surface area contributed by atoms with Crippen molar-refractivity contribution in [2.45, 2.75) is 85.5 Å². The number of aliphatic hydroxyl groups is 1. The predicted molar refractivity (Wildman–Crippen MR) is 161 cm³/mol. The van der Waals surface area contributed by atoms with E-state index >= 15 is 0 Å². The van der Waals surface area contributed by atoms with E-state index in [1.165, 1.54) is 0 Å². The van der Waals surface area contributed by atoms with E-state index in [1.807, 2.05) is 34.6 Å². The number of esters is 1. The Morgan fingerprint density at radius 1 is 1.05 bits per heavy atom. The van der Waals surface area contributed by atoms with E-state index in [2.05, 4.69) is 21.7 Å². The molecule has 0 aliphatic rings. The van der Waals surface area contributed by atoms with Crippen molar-refractivity contribution in [1.29, 1.82) is 0 Å². The summed E-state index contributed by atoms with van der Waals surface area (Å²) in [5, 5.41) is 16.9. The molecule has 0 aliphatic carbocycles. The minimum absolute atomic E-state index is 0.0128. The number of aldehydes is 1. The SMILES string of the molecule is CCC(=O)OC(C)(C)C.CNC(C(N)=O)C(C)C.NC(=O)NCCCCC(=O)Nc1ccc(CO)cc1.NCC=O. The van der Waals surface area contributed by atoms with Crippen LogP contribution in [0.5, 0.6) is 0 Å². The lowest BCUT2D eigenvalue weighted by atomic mass is 10.0. The van der Waals surface area contributed by atoms with Crippen LogP contribution in [-0.4, -0.2) is 67.0 Å². The van der Waals surface area contributed by atoms with Crippen LogP contribution in [-0.2, 0) is 30.5 Å². The van der Waals surface area contributed by atoms with Crippen LogP contribution >= 0.6 is 0 Å². The topological polar surface area (TPSA) is 229 Å². The van der Waals surface area contributed by atoms with E-state index in [-0.39, 0.29) is 48.5 Å². The van der Waals surface area contributed by atoms with E-state index in [4.69, 9.17) is 26.1 Å². The Labute approximate surface area is 244 Å². The summed E-state index contributed by atoms with van der Waals surface area (Å²) in [5.41, 5.74) is 15.8. The van der Waals surface area contributed by atoms with Gasteiger partial charge in [-0.1, -0.05) is 32.9 Å². The first-order valence-corrected chi connectivity index (χ1v) is 13.4. The van der Waals surface area contributed by atoms with Crippen LogP contribution in [0.1, 0.15) is 72.8 Å². The van der Waals surface area contributed by atoms with Gasteiger partial charge in [-0.15, -0.1) is 0 Å². The van der Waals surface area contributed by atoms with Gasteiger partial charge in [-0.25, -0.2) is 4.79 Å². The second kappa shape index (κ2) is 25.4. The molecule has 41 heavy (non-hydrogen) atoms. The van der Waals surface area contributed by atoms with Crippen molar-refractivity contribution in [3.05, 3.63) is 29.8 Å². The molecule has 0 radical (unpaired) electrons. The monoisotopic (exact) mass is 584 g/mol. The van der Waals surface area contributed by atoms with E-state index in [1.54, 1.807) is 38.2 Å². The highest BCUT2D eigenvalue weighted by molar-refractivity contribution is 5.90. The number of ether oxygens (including phenoxy) is 1. The summed E-state index contributed by atoms with van der Waals surface area (Å²) < 4.78 is 4.95. The van der Waals surface area contributed by atoms with Gasteiger partial charge in [0.25, 0.3) is 0 Å². The number of urea groups is 1. The summed E-state index contributed by atoms with van der Waals surface area (Å²) in [6.07, 6.45) is 2.89. The Hall–Kier alpha value is -3.55. The summed E-state index contributed by atoms with van der Waals surface area (Å²) in [6, 6.07) is 6.27. The Bertz CT molecular complexity index is 870. The molecule has 0 aromatic heterocycles. The third-order valence-corrected chi connectivity index (χ3v) is 4.64. The molecule has 13 heteroatoms. The number of hydrogen-bond donors (Lipinski definition) is 7. The molecule has 4 amide bonds. The highest BCUT2D eigenvalue weighted by atomic mass is 16.6. The number of carbonyl (C=O) groups excluding carboxylic acids is 5. The van der Waals surface area contributed by atoms with Crippen LogP contribution in [0.3, 0.4) is 0 Å². The zero-order chi connectivity index (χ0) is 32.4. The fourth-order valence-corrected chi connectivity index (χ4v) is 2.76. The molecule has 0 bridgehead atoms. The molecule has 0 fully saturated rings.